The second kappa shape index (κ2) is 5.97. The lowest BCUT2D eigenvalue weighted by atomic mass is 9.94. The number of rotatable bonds is 5. The summed E-state index contributed by atoms with van der Waals surface area (Å²) in [5.41, 5.74) is 4.15. The van der Waals surface area contributed by atoms with Crippen LogP contribution in [0.5, 0.6) is 0 Å². The highest BCUT2D eigenvalue weighted by molar-refractivity contribution is 5.04. The number of hydrogen-bond donors (Lipinski definition) is 2. The summed E-state index contributed by atoms with van der Waals surface area (Å²) in [5.74, 6) is 6.42. The summed E-state index contributed by atoms with van der Waals surface area (Å²) in [6.45, 7) is 0. The summed E-state index contributed by atoms with van der Waals surface area (Å²) in [5, 5.41) is 0. The second-order valence-electron chi connectivity index (χ2n) is 4.68. The Kier molecular flexibility index (Phi) is 4.31. The summed E-state index contributed by atoms with van der Waals surface area (Å²) in [4.78, 5) is 4.34. The molecule has 88 valence electrons. The molecule has 3 N–H and O–H groups in total. The largest absolute Gasteiger partial charge is 0.271 e. The first-order valence-corrected chi connectivity index (χ1v) is 6.26. The van der Waals surface area contributed by atoms with Gasteiger partial charge in [-0.2, -0.15) is 0 Å². The number of hydrazine groups is 1. The Bertz CT molecular complexity index is 293. The highest BCUT2D eigenvalue weighted by atomic mass is 15.2. The van der Waals surface area contributed by atoms with Gasteiger partial charge in [-0.05, 0) is 43.7 Å². The number of aromatic nitrogens is 1. The van der Waals surface area contributed by atoms with Crippen LogP contribution in [0.1, 0.15) is 37.8 Å². The van der Waals surface area contributed by atoms with Crippen LogP contribution in [0.3, 0.4) is 0 Å². The summed E-state index contributed by atoms with van der Waals surface area (Å²) in [6.07, 6.45) is 9.37. The Morgan fingerprint density at radius 3 is 2.81 bits per heavy atom. The van der Waals surface area contributed by atoms with Crippen LogP contribution in [0.25, 0.3) is 0 Å². The maximum atomic E-state index is 5.65. The first-order valence-electron chi connectivity index (χ1n) is 6.26. The minimum Gasteiger partial charge on any atom is -0.271 e. The summed E-state index contributed by atoms with van der Waals surface area (Å²) >= 11 is 0. The molecule has 0 saturated heterocycles. The molecular weight excluding hydrogens is 198 g/mol. The van der Waals surface area contributed by atoms with E-state index < -0.39 is 0 Å². The molecule has 0 aromatic carbocycles. The Morgan fingerprint density at radius 2 is 2.19 bits per heavy atom. The van der Waals surface area contributed by atoms with E-state index in [9.17, 15) is 0 Å². The molecule has 1 unspecified atom stereocenters. The second-order valence-corrected chi connectivity index (χ2v) is 4.68. The van der Waals surface area contributed by atoms with Crippen LogP contribution in [0, 0.1) is 5.92 Å². The van der Waals surface area contributed by atoms with E-state index in [1.165, 1.54) is 31.4 Å². The van der Waals surface area contributed by atoms with Gasteiger partial charge in [0.25, 0.3) is 0 Å². The van der Waals surface area contributed by atoms with Crippen molar-refractivity contribution in [1.29, 1.82) is 0 Å². The maximum absolute atomic E-state index is 5.65. The van der Waals surface area contributed by atoms with Crippen molar-refractivity contribution in [3.05, 3.63) is 30.1 Å². The average molecular weight is 219 g/mol. The highest BCUT2D eigenvalue weighted by Gasteiger charge is 2.23. The lowest BCUT2D eigenvalue weighted by molar-refractivity contribution is 0.344. The molecule has 3 heteroatoms. The van der Waals surface area contributed by atoms with Crippen molar-refractivity contribution >= 4 is 0 Å². The van der Waals surface area contributed by atoms with Crippen molar-refractivity contribution in [2.45, 2.75) is 44.6 Å². The lowest BCUT2D eigenvalue weighted by Gasteiger charge is -2.22. The molecule has 1 aromatic heterocycles. The molecule has 0 amide bonds. The van der Waals surface area contributed by atoms with E-state index >= 15 is 0 Å². The van der Waals surface area contributed by atoms with E-state index in [-0.39, 0.29) is 0 Å². The van der Waals surface area contributed by atoms with Crippen molar-refractivity contribution in [3.8, 4) is 0 Å². The fraction of sp³-hybridized carbons (Fsp3) is 0.615. The molecule has 2 rings (SSSR count). The zero-order chi connectivity index (χ0) is 11.2. The van der Waals surface area contributed by atoms with Crippen LogP contribution in [-0.2, 0) is 6.42 Å². The van der Waals surface area contributed by atoms with Crippen molar-refractivity contribution < 1.29 is 0 Å². The van der Waals surface area contributed by atoms with E-state index in [0.717, 1.165) is 18.8 Å². The maximum Gasteiger partial charge on any atom is 0.0404 e. The molecule has 1 fully saturated rings. The fourth-order valence-corrected chi connectivity index (χ4v) is 2.66. The molecule has 0 aliphatic heterocycles. The normalized spacial score (nSPS) is 18.8. The van der Waals surface area contributed by atoms with Gasteiger partial charge >= 0.3 is 0 Å². The number of nitrogens with two attached hydrogens (primary N) is 1. The number of pyridine rings is 1. The van der Waals surface area contributed by atoms with Crippen LogP contribution < -0.4 is 11.3 Å². The van der Waals surface area contributed by atoms with Crippen molar-refractivity contribution in [3.63, 3.8) is 0 Å². The van der Waals surface area contributed by atoms with Crippen LogP contribution in [0.4, 0.5) is 0 Å². The fourth-order valence-electron chi connectivity index (χ4n) is 2.66. The molecule has 1 aliphatic carbocycles. The minimum absolute atomic E-state index is 0.463. The van der Waals surface area contributed by atoms with E-state index in [0.29, 0.717) is 6.04 Å². The third-order valence-corrected chi connectivity index (χ3v) is 3.62. The quantitative estimate of drug-likeness (QED) is 0.588. The van der Waals surface area contributed by atoms with Gasteiger partial charge in [0.15, 0.2) is 0 Å². The van der Waals surface area contributed by atoms with E-state index in [1.54, 1.807) is 0 Å². The molecule has 1 saturated carbocycles. The van der Waals surface area contributed by atoms with E-state index in [1.807, 2.05) is 18.3 Å². The molecule has 0 bridgehead atoms. The first-order chi connectivity index (χ1) is 7.90. The van der Waals surface area contributed by atoms with Gasteiger partial charge in [-0.15, -0.1) is 0 Å². The van der Waals surface area contributed by atoms with Gasteiger partial charge < -0.3 is 0 Å². The smallest absolute Gasteiger partial charge is 0.0404 e. The van der Waals surface area contributed by atoms with Gasteiger partial charge in [0.2, 0.25) is 0 Å². The lowest BCUT2D eigenvalue weighted by Crippen LogP contribution is -2.40. The number of hydrogen-bond acceptors (Lipinski definition) is 3. The van der Waals surface area contributed by atoms with Crippen LogP contribution in [-0.4, -0.2) is 11.0 Å². The number of aryl methyl sites for hydroxylation is 1. The van der Waals surface area contributed by atoms with Crippen molar-refractivity contribution in [2.24, 2.45) is 11.8 Å². The van der Waals surface area contributed by atoms with Gasteiger partial charge in [0.1, 0.15) is 0 Å². The van der Waals surface area contributed by atoms with Crippen LogP contribution in [0.15, 0.2) is 24.4 Å². The molecule has 1 atom stereocenters. The van der Waals surface area contributed by atoms with Gasteiger partial charge in [-0.25, -0.2) is 0 Å². The zero-order valence-corrected chi connectivity index (χ0v) is 9.73. The van der Waals surface area contributed by atoms with Crippen LogP contribution >= 0.6 is 0 Å². The number of nitrogens with one attached hydrogen (secondary N) is 1. The minimum atomic E-state index is 0.463. The third-order valence-electron chi connectivity index (χ3n) is 3.62. The Hall–Kier alpha value is -0.930. The van der Waals surface area contributed by atoms with Gasteiger partial charge in [0, 0.05) is 17.9 Å². The molecule has 0 radical (unpaired) electrons. The Balaban J connectivity index is 1.83. The summed E-state index contributed by atoms with van der Waals surface area (Å²) in [7, 11) is 0. The third kappa shape index (κ3) is 3.03. The molecular formula is C13H21N3. The predicted octanol–water partition coefficient (Wildman–Crippen LogP) is 2.04. The molecule has 1 aromatic rings. The first kappa shape index (κ1) is 11.6. The van der Waals surface area contributed by atoms with Gasteiger partial charge in [-0.3, -0.25) is 16.3 Å². The average Bonchev–Trinajstić information content (AvgIpc) is 2.85. The monoisotopic (exact) mass is 219 g/mol. The van der Waals surface area contributed by atoms with E-state index in [4.69, 9.17) is 5.84 Å². The standard InChI is InChI=1S/C13H21N3/c14-16-13(11-5-1-2-6-11)9-8-12-7-3-4-10-15-12/h3-4,7,10-11,13,16H,1-2,5-6,8-9,14H2. The predicted molar refractivity (Wildman–Crippen MR) is 65.6 cm³/mol. The molecule has 1 aliphatic rings. The highest BCUT2D eigenvalue weighted by Crippen LogP contribution is 2.29. The Morgan fingerprint density at radius 1 is 1.38 bits per heavy atom. The van der Waals surface area contributed by atoms with Gasteiger partial charge in [0.05, 0.1) is 0 Å². The van der Waals surface area contributed by atoms with Crippen molar-refractivity contribution in [1.82, 2.24) is 10.4 Å². The van der Waals surface area contributed by atoms with Crippen LogP contribution in [0.2, 0.25) is 0 Å². The molecule has 1 heterocycles. The van der Waals surface area contributed by atoms with Gasteiger partial charge in [-0.1, -0.05) is 18.9 Å². The molecule has 3 nitrogen and oxygen atoms in total. The number of nitrogens with zero attached hydrogens (tertiary/aromatic N) is 1. The molecule has 0 spiro atoms. The summed E-state index contributed by atoms with van der Waals surface area (Å²) in [6, 6.07) is 6.55. The van der Waals surface area contributed by atoms with E-state index in [2.05, 4.69) is 16.5 Å². The SMILES string of the molecule is NNC(CCc1ccccn1)C1CCCC1. The summed E-state index contributed by atoms with van der Waals surface area (Å²) < 4.78 is 0. The molecule has 16 heavy (non-hydrogen) atoms. The Labute approximate surface area is 97.4 Å². The zero-order valence-electron chi connectivity index (χ0n) is 9.73. The topological polar surface area (TPSA) is 50.9 Å². The van der Waals surface area contributed by atoms with Crippen molar-refractivity contribution in [2.75, 3.05) is 0 Å².